The van der Waals surface area contributed by atoms with Crippen molar-refractivity contribution in [3.63, 3.8) is 0 Å². The number of nitrogens with one attached hydrogen (secondary N) is 1. The fourth-order valence-electron chi connectivity index (χ4n) is 4.66. The van der Waals surface area contributed by atoms with Gasteiger partial charge >= 0.3 is 0 Å². The van der Waals surface area contributed by atoms with Crippen molar-refractivity contribution in [1.29, 1.82) is 0 Å². The van der Waals surface area contributed by atoms with Crippen molar-refractivity contribution in [3.8, 4) is 0 Å². The van der Waals surface area contributed by atoms with Gasteiger partial charge in [-0.15, -0.1) is 0 Å². The van der Waals surface area contributed by atoms with Gasteiger partial charge in [-0.05, 0) is 25.5 Å². The lowest BCUT2D eigenvalue weighted by atomic mass is 10.0. The second-order valence-electron chi connectivity index (χ2n) is 8.45. The molecule has 3 aliphatic rings. The van der Waals surface area contributed by atoms with Crippen LogP contribution in [0.3, 0.4) is 0 Å². The minimum absolute atomic E-state index is 0.0646. The van der Waals surface area contributed by atoms with E-state index in [2.05, 4.69) is 35.2 Å². The topological polar surface area (TPSA) is 103 Å². The van der Waals surface area contributed by atoms with Crippen LogP contribution in [-0.2, 0) is 32.4 Å². The number of hydrazone groups is 1. The second kappa shape index (κ2) is 6.94. The smallest absolute Gasteiger partial charge is 0.270 e. The molecule has 1 aromatic carbocycles. The highest BCUT2D eigenvalue weighted by molar-refractivity contribution is 7.91. The Labute approximate surface area is 174 Å². The zero-order valence-electron chi connectivity index (χ0n) is 16.8. The Bertz CT molecular complexity index is 1200. The quantitative estimate of drug-likeness (QED) is 0.783. The van der Waals surface area contributed by atoms with Gasteiger partial charge in [0.05, 0.1) is 17.5 Å². The molecular weight excluding hydrogens is 404 g/mol. The van der Waals surface area contributed by atoms with Gasteiger partial charge < -0.3 is 9.88 Å². The van der Waals surface area contributed by atoms with Crippen molar-refractivity contribution in [2.75, 3.05) is 18.1 Å². The maximum absolute atomic E-state index is 13.2. The fraction of sp³-hybridized carbons (Fsp3) is 0.476. The lowest BCUT2D eigenvalue weighted by Crippen LogP contribution is -2.46. The standard InChI is InChI=1S/C21H24N4O4S/c1-13-2-3-17-15(10-13)16-11-24(8-6-18(16)22-17)21(27)19-4-5-20(26)25(23-19)14-7-9-30(28,29)12-14/h2-3,10,14,22H,4-9,11-12H2,1H3. The summed E-state index contributed by atoms with van der Waals surface area (Å²) >= 11 is 0. The minimum atomic E-state index is -3.14. The number of carbonyl (C=O) groups is 2. The number of hydrogen-bond acceptors (Lipinski definition) is 5. The van der Waals surface area contributed by atoms with Gasteiger partial charge in [0, 0.05) is 54.5 Å². The number of amides is 2. The number of hydrogen-bond donors (Lipinski definition) is 1. The number of rotatable bonds is 2. The highest BCUT2D eigenvalue weighted by Gasteiger charge is 2.38. The van der Waals surface area contributed by atoms with Gasteiger partial charge in [0.2, 0.25) is 5.91 Å². The van der Waals surface area contributed by atoms with Crippen molar-refractivity contribution >= 4 is 38.3 Å². The Morgan fingerprint density at radius 3 is 2.83 bits per heavy atom. The van der Waals surface area contributed by atoms with E-state index in [0.717, 1.165) is 28.6 Å². The number of aryl methyl sites for hydroxylation is 1. The molecule has 0 radical (unpaired) electrons. The molecule has 30 heavy (non-hydrogen) atoms. The summed E-state index contributed by atoms with van der Waals surface area (Å²) in [7, 11) is -3.14. The molecule has 0 bridgehead atoms. The first kappa shape index (κ1) is 19.3. The van der Waals surface area contributed by atoms with Crippen LogP contribution in [0.2, 0.25) is 0 Å². The molecule has 8 nitrogen and oxygen atoms in total. The van der Waals surface area contributed by atoms with Crippen molar-refractivity contribution < 1.29 is 18.0 Å². The van der Waals surface area contributed by atoms with Crippen LogP contribution in [0, 0.1) is 6.92 Å². The Morgan fingerprint density at radius 1 is 1.23 bits per heavy atom. The summed E-state index contributed by atoms with van der Waals surface area (Å²) in [5.74, 6) is -0.386. The SMILES string of the molecule is Cc1ccc2[nH]c3c(c2c1)CN(C(=O)C1=NN(C2CCS(=O)(=O)C2)C(=O)CC1)CC3. The van der Waals surface area contributed by atoms with Gasteiger partial charge in [-0.1, -0.05) is 11.6 Å². The zero-order valence-corrected chi connectivity index (χ0v) is 17.7. The van der Waals surface area contributed by atoms with Gasteiger partial charge in [0.25, 0.3) is 5.91 Å². The van der Waals surface area contributed by atoms with E-state index in [1.807, 2.05) is 0 Å². The number of fused-ring (bicyclic) bond motifs is 3. The molecule has 2 amide bonds. The van der Waals surface area contributed by atoms with Crippen LogP contribution >= 0.6 is 0 Å². The molecule has 158 valence electrons. The fourth-order valence-corrected chi connectivity index (χ4v) is 6.35. The predicted octanol–water partition coefficient (Wildman–Crippen LogP) is 1.53. The summed E-state index contributed by atoms with van der Waals surface area (Å²) < 4.78 is 23.6. The van der Waals surface area contributed by atoms with Crippen molar-refractivity contribution in [2.45, 2.75) is 45.2 Å². The third kappa shape index (κ3) is 3.30. The molecular formula is C21H24N4O4S. The van der Waals surface area contributed by atoms with Gasteiger partial charge in [-0.3, -0.25) is 9.59 Å². The van der Waals surface area contributed by atoms with E-state index in [1.165, 1.54) is 10.6 Å². The Balaban J connectivity index is 1.39. The highest BCUT2D eigenvalue weighted by atomic mass is 32.2. The number of carbonyl (C=O) groups excluding carboxylic acids is 2. The molecule has 3 aliphatic heterocycles. The Kier molecular flexibility index (Phi) is 4.46. The van der Waals surface area contributed by atoms with E-state index in [1.54, 1.807) is 4.90 Å². The number of aromatic nitrogens is 1. The number of H-pyrrole nitrogens is 1. The molecule has 4 heterocycles. The molecule has 1 N–H and O–H groups in total. The van der Waals surface area contributed by atoms with Crippen molar-refractivity contribution in [1.82, 2.24) is 14.9 Å². The van der Waals surface area contributed by atoms with Crippen molar-refractivity contribution in [3.05, 3.63) is 35.0 Å². The molecule has 0 aliphatic carbocycles. The van der Waals surface area contributed by atoms with Crippen LogP contribution in [-0.4, -0.2) is 64.9 Å². The average Bonchev–Trinajstić information content (AvgIpc) is 3.26. The molecule has 5 rings (SSSR count). The number of aromatic amines is 1. The van der Waals surface area contributed by atoms with Crippen LogP contribution in [0.1, 0.15) is 36.1 Å². The largest absolute Gasteiger partial charge is 0.358 e. The van der Waals surface area contributed by atoms with Crippen LogP contribution in [0.25, 0.3) is 10.9 Å². The van der Waals surface area contributed by atoms with Crippen molar-refractivity contribution in [2.24, 2.45) is 5.10 Å². The predicted molar refractivity (Wildman–Crippen MR) is 113 cm³/mol. The van der Waals surface area contributed by atoms with Gasteiger partial charge in [-0.2, -0.15) is 5.10 Å². The normalized spacial score (nSPS) is 23.6. The number of sulfone groups is 1. The highest BCUT2D eigenvalue weighted by Crippen LogP contribution is 2.29. The zero-order chi connectivity index (χ0) is 21.0. The van der Waals surface area contributed by atoms with Gasteiger partial charge in [0.1, 0.15) is 5.71 Å². The summed E-state index contributed by atoms with van der Waals surface area (Å²) in [6, 6.07) is 5.81. The average molecular weight is 429 g/mol. The van der Waals surface area contributed by atoms with Crippen LogP contribution in [0.4, 0.5) is 0 Å². The van der Waals surface area contributed by atoms with E-state index in [9.17, 15) is 18.0 Å². The van der Waals surface area contributed by atoms with E-state index in [0.29, 0.717) is 31.6 Å². The van der Waals surface area contributed by atoms with Gasteiger partial charge in [0.15, 0.2) is 9.84 Å². The lowest BCUT2D eigenvalue weighted by Gasteiger charge is -2.31. The Hall–Kier alpha value is -2.68. The summed E-state index contributed by atoms with van der Waals surface area (Å²) in [6.07, 6.45) is 1.60. The first-order valence-electron chi connectivity index (χ1n) is 10.3. The molecule has 9 heteroatoms. The van der Waals surface area contributed by atoms with Crippen LogP contribution in [0.15, 0.2) is 23.3 Å². The molecule has 1 unspecified atom stereocenters. The molecule has 0 spiro atoms. The van der Waals surface area contributed by atoms with Gasteiger partial charge in [-0.25, -0.2) is 13.4 Å². The molecule has 1 atom stereocenters. The molecule has 1 saturated heterocycles. The summed E-state index contributed by atoms with van der Waals surface area (Å²) in [4.78, 5) is 30.8. The van der Waals surface area contributed by atoms with Crippen LogP contribution < -0.4 is 0 Å². The van der Waals surface area contributed by atoms with E-state index >= 15 is 0 Å². The summed E-state index contributed by atoms with van der Waals surface area (Å²) in [5, 5.41) is 6.74. The Morgan fingerprint density at radius 2 is 2.07 bits per heavy atom. The maximum atomic E-state index is 13.2. The first-order chi connectivity index (χ1) is 14.3. The second-order valence-corrected chi connectivity index (χ2v) is 10.7. The van der Waals surface area contributed by atoms with Crippen LogP contribution in [0.5, 0.6) is 0 Å². The van der Waals surface area contributed by atoms with E-state index < -0.39 is 15.9 Å². The lowest BCUT2D eigenvalue weighted by molar-refractivity contribution is -0.134. The molecule has 1 fully saturated rings. The maximum Gasteiger partial charge on any atom is 0.270 e. The third-order valence-electron chi connectivity index (χ3n) is 6.28. The number of benzene rings is 1. The minimum Gasteiger partial charge on any atom is -0.358 e. The molecule has 1 aromatic heterocycles. The van der Waals surface area contributed by atoms with E-state index in [4.69, 9.17) is 0 Å². The summed E-state index contributed by atoms with van der Waals surface area (Å²) in [6.45, 7) is 3.14. The first-order valence-corrected chi connectivity index (χ1v) is 12.1. The third-order valence-corrected chi connectivity index (χ3v) is 8.03. The summed E-state index contributed by atoms with van der Waals surface area (Å²) in [5.41, 5.74) is 4.90. The molecule has 0 saturated carbocycles. The number of nitrogens with zero attached hydrogens (tertiary/aromatic N) is 3. The molecule has 2 aromatic rings. The van der Waals surface area contributed by atoms with E-state index in [-0.39, 0.29) is 29.7 Å². The monoisotopic (exact) mass is 428 g/mol.